The molecule has 0 aromatic heterocycles. The van der Waals surface area contributed by atoms with Gasteiger partial charge in [0.25, 0.3) is 0 Å². The highest BCUT2D eigenvalue weighted by atomic mass is 16.5. The SMILES string of the molecule is CC(=CCCCOc1cc(C(C)(C)C)c(OCCCC=C(C)C(=O)O)cc1C(C)(C)C)C(=O)O. The monoisotopic (exact) mass is 474 g/mol. The molecule has 0 unspecified atom stereocenters. The summed E-state index contributed by atoms with van der Waals surface area (Å²) >= 11 is 0. The van der Waals surface area contributed by atoms with Crippen molar-refractivity contribution in [2.75, 3.05) is 13.2 Å². The molecule has 0 atom stereocenters. The number of hydrogen-bond donors (Lipinski definition) is 2. The number of carboxylic acids is 2. The van der Waals surface area contributed by atoms with E-state index in [0.717, 1.165) is 35.5 Å². The maximum Gasteiger partial charge on any atom is 0.330 e. The van der Waals surface area contributed by atoms with Gasteiger partial charge in [-0.1, -0.05) is 53.7 Å². The molecule has 6 heteroatoms. The molecule has 2 N–H and O–H groups in total. The molecule has 0 saturated heterocycles. The molecule has 0 aliphatic rings. The van der Waals surface area contributed by atoms with Gasteiger partial charge in [-0.3, -0.25) is 0 Å². The fourth-order valence-electron chi connectivity index (χ4n) is 3.31. The Labute approximate surface area is 204 Å². The molecule has 0 saturated carbocycles. The van der Waals surface area contributed by atoms with Crippen LogP contribution < -0.4 is 9.47 Å². The first-order chi connectivity index (χ1) is 15.6. The summed E-state index contributed by atoms with van der Waals surface area (Å²) in [4.78, 5) is 21.9. The lowest BCUT2D eigenvalue weighted by Crippen LogP contribution is -2.19. The molecular formula is C28H42O6. The van der Waals surface area contributed by atoms with E-state index in [4.69, 9.17) is 19.7 Å². The Morgan fingerprint density at radius 1 is 0.735 bits per heavy atom. The summed E-state index contributed by atoms with van der Waals surface area (Å²) in [5, 5.41) is 18.0. The molecule has 34 heavy (non-hydrogen) atoms. The molecule has 0 spiro atoms. The minimum atomic E-state index is -0.894. The molecule has 1 rings (SSSR count). The quantitative estimate of drug-likeness (QED) is 0.260. The predicted octanol–water partition coefficient (Wildman–Crippen LogP) is 6.66. The van der Waals surface area contributed by atoms with Gasteiger partial charge in [0.05, 0.1) is 13.2 Å². The van der Waals surface area contributed by atoms with Crippen LogP contribution in [0.25, 0.3) is 0 Å². The number of aliphatic carboxylic acids is 2. The third kappa shape index (κ3) is 9.62. The van der Waals surface area contributed by atoms with Crippen molar-refractivity contribution < 1.29 is 29.3 Å². The highest BCUT2D eigenvalue weighted by Gasteiger charge is 2.26. The van der Waals surface area contributed by atoms with Gasteiger partial charge in [0, 0.05) is 22.3 Å². The molecule has 0 radical (unpaired) electrons. The largest absolute Gasteiger partial charge is 0.493 e. The van der Waals surface area contributed by atoms with E-state index in [2.05, 4.69) is 53.7 Å². The van der Waals surface area contributed by atoms with Crippen LogP contribution >= 0.6 is 0 Å². The Kier molecular flexibility index (Phi) is 10.9. The van der Waals surface area contributed by atoms with E-state index in [0.29, 0.717) is 37.2 Å². The fourth-order valence-corrected chi connectivity index (χ4v) is 3.31. The molecule has 0 fully saturated rings. The van der Waals surface area contributed by atoms with Gasteiger partial charge >= 0.3 is 11.9 Å². The van der Waals surface area contributed by atoms with E-state index in [1.165, 1.54) is 0 Å². The zero-order chi connectivity index (χ0) is 26.1. The van der Waals surface area contributed by atoms with Gasteiger partial charge in [0.1, 0.15) is 11.5 Å². The molecule has 0 bridgehead atoms. The zero-order valence-electron chi connectivity index (χ0n) is 22.1. The van der Waals surface area contributed by atoms with E-state index < -0.39 is 11.9 Å². The van der Waals surface area contributed by atoms with Gasteiger partial charge in [-0.05, 0) is 62.5 Å². The van der Waals surface area contributed by atoms with Crippen molar-refractivity contribution in [3.63, 3.8) is 0 Å². The molecule has 0 aliphatic carbocycles. The maximum absolute atomic E-state index is 10.9. The number of carbonyl (C=O) groups is 2. The van der Waals surface area contributed by atoms with Crippen LogP contribution in [0.4, 0.5) is 0 Å². The van der Waals surface area contributed by atoms with Crippen molar-refractivity contribution in [1.82, 2.24) is 0 Å². The molecule has 6 nitrogen and oxygen atoms in total. The molecule has 0 heterocycles. The van der Waals surface area contributed by atoms with Gasteiger partial charge in [0.15, 0.2) is 0 Å². The van der Waals surface area contributed by atoms with Crippen LogP contribution in [0.15, 0.2) is 35.4 Å². The molecule has 0 aliphatic heterocycles. The van der Waals surface area contributed by atoms with E-state index in [9.17, 15) is 9.59 Å². The Morgan fingerprint density at radius 3 is 1.32 bits per heavy atom. The van der Waals surface area contributed by atoms with Crippen LogP contribution in [-0.4, -0.2) is 35.4 Å². The van der Waals surface area contributed by atoms with E-state index >= 15 is 0 Å². The highest BCUT2D eigenvalue weighted by molar-refractivity contribution is 5.86. The summed E-state index contributed by atoms with van der Waals surface area (Å²) in [7, 11) is 0. The van der Waals surface area contributed by atoms with E-state index in [1.54, 1.807) is 26.0 Å². The van der Waals surface area contributed by atoms with Crippen molar-refractivity contribution in [3.05, 3.63) is 46.6 Å². The minimum Gasteiger partial charge on any atom is -0.493 e. The van der Waals surface area contributed by atoms with Crippen LogP contribution in [0.2, 0.25) is 0 Å². The van der Waals surface area contributed by atoms with Gasteiger partial charge in [-0.2, -0.15) is 0 Å². The van der Waals surface area contributed by atoms with Crippen molar-refractivity contribution in [1.29, 1.82) is 0 Å². The Hall–Kier alpha value is -2.76. The summed E-state index contributed by atoms with van der Waals surface area (Å²) in [5.74, 6) is -0.142. The van der Waals surface area contributed by atoms with Crippen LogP contribution in [0.3, 0.4) is 0 Å². The van der Waals surface area contributed by atoms with Gasteiger partial charge in [-0.15, -0.1) is 0 Å². The van der Waals surface area contributed by atoms with Crippen LogP contribution in [-0.2, 0) is 20.4 Å². The lowest BCUT2D eigenvalue weighted by Gasteiger charge is -2.29. The normalized spacial score (nSPS) is 13.1. The number of ether oxygens (including phenoxy) is 2. The number of benzene rings is 1. The molecule has 1 aromatic carbocycles. The molecular weight excluding hydrogens is 432 g/mol. The lowest BCUT2D eigenvalue weighted by atomic mass is 9.81. The van der Waals surface area contributed by atoms with Gasteiger partial charge in [-0.25, -0.2) is 9.59 Å². The van der Waals surface area contributed by atoms with Crippen molar-refractivity contribution in [2.45, 2.75) is 91.9 Å². The Bertz CT molecular complexity index is 834. The average molecular weight is 475 g/mol. The van der Waals surface area contributed by atoms with Crippen LogP contribution in [0.5, 0.6) is 11.5 Å². The van der Waals surface area contributed by atoms with E-state index in [-0.39, 0.29) is 10.8 Å². The topological polar surface area (TPSA) is 93.1 Å². The third-order valence-corrected chi connectivity index (χ3v) is 5.49. The highest BCUT2D eigenvalue weighted by Crippen LogP contribution is 2.41. The smallest absolute Gasteiger partial charge is 0.330 e. The maximum atomic E-state index is 10.9. The summed E-state index contributed by atoms with van der Waals surface area (Å²) < 4.78 is 12.4. The molecule has 1 aromatic rings. The molecule has 190 valence electrons. The number of hydrogen-bond acceptors (Lipinski definition) is 4. The number of allylic oxidation sites excluding steroid dienone is 2. The first-order valence-electron chi connectivity index (χ1n) is 11.9. The predicted molar refractivity (Wildman–Crippen MR) is 136 cm³/mol. The second kappa shape index (κ2) is 12.6. The molecule has 0 amide bonds. The first-order valence-corrected chi connectivity index (χ1v) is 11.9. The third-order valence-electron chi connectivity index (χ3n) is 5.49. The second-order valence-corrected chi connectivity index (χ2v) is 10.7. The van der Waals surface area contributed by atoms with E-state index in [1.807, 2.05) is 0 Å². The zero-order valence-corrected chi connectivity index (χ0v) is 22.1. The minimum absolute atomic E-state index is 0.162. The standard InChI is InChI=1S/C28H42O6/c1-19(25(29)30)13-9-11-15-33-23-17-22(28(6,7)8)24(18-21(23)27(3,4)5)34-16-12-10-14-20(2)26(31)32/h13-14,17-18H,9-12,15-16H2,1-8H3,(H,29,30)(H,31,32). The average Bonchev–Trinajstić information content (AvgIpc) is 2.71. The van der Waals surface area contributed by atoms with Crippen molar-refractivity contribution in [2.24, 2.45) is 0 Å². The first kappa shape index (κ1) is 29.3. The summed E-state index contributed by atoms with van der Waals surface area (Å²) in [5.41, 5.74) is 2.47. The number of carboxylic acid groups (broad SMARTS) is 2. The second-order valence-electron chi connectivity index (χ2n) is 10.7. The Morgan fingerprint density at radius 2 is 1.06 bits per heavy atom. The lowest BCUT2D eigenvalue weighted by molar-refractivity contribution is -0.133. The summed E-state index contributed by atoms with van der Waals surface area (Å²) in [6.45, 7) is 17.0. The number of rotatable bonds is 12. The Balaban J connectivity index is 3.05. The van der Waals surface area contributed by atoms with Crippen LogP contribution in [0, 0.1) is 0 Å². The summed E-state index contributed by atoms with van der Waals surface area (Å²) in [6, 6.07) is 4.14. The van der Waals surface area contributed by atoms with Gasteiger partial charge < -0.3 is 19.7 Å². The summed E-state index contributed by atoms with van der Waals surface area (Å²) in [6.07, 6.45) is 6.18. The number of unbranched alkanes of at least 4 members (excludes halogenated alkanes) is 2. The van der Waals surface area contributed by atoms with Crippen molar-refractivity contribution >= 4 is 11.9 Å². The van der Waals surface area contributed by atoms with Gasteiger partial charge in [0.2, 0.25) is 0 Å². The fraction of sp³-hybridized carbons (Fsp3) is 0.571. The van der Waals surface area contributed by atoms with Crippen LogP contribution in [0.1, 0.15) is 92.2 Å². The van der Waals surface area contributed by atoms with Crippen molar-refractivity contribution in [3.8, 4) is 11.5 Å².